The minimum absolute atomic E-state index is 0.00265. The van der Waals surface area contributed by atoms with Crippen LogP contribution in [0.3, 0.4) is 0 Å². The predicted molar refractivity (Wildman–Crippen MR) is 64.6 cm³/mol. The molecule has 3 amide bonds. The van der Waals surface area contributed by atoms with E-state index in [4.69, 9.17) is 0 Å². The number of imide groups is 1. The van der Waals surface area contributed by atoms with Crippen LogP contribution < -0.4 is 10.6 Å². The van der Waals surface area contributed by atoms with Crippen molar-refractivity contribution in [3.63, 3.8) is 0 Å². The van der Waals surface area contributed by atoms with Crippen LogP contribution in [0.25, 0.3) is 0 Å². The van der Waals surface area contributed by atoms with Crippen molar-refractivity contribution in [1.29, 1.82) is 0 Å². The molecule has 0 spiro atoms. The molecule has 0 aromatic carbocycles. The van der Waals surface area contributed by atoms with Gasteiger partial charge < -0.3 is 10.2 Å². The van der Waals surface area contributed by atoms with E-state index in [1.165, 1.54) is 17.7 Å². The third kappa shape index (κ3) is 3.53. The van der Waals surface area contributed by atoms with Gasteiger partial charge in [-0.3, -0.25) is 19.7 Å². The number of nitrogens with zero attached hydrogens (tertiary/aromatic N) is 1. The number of hydrogen-bond donors (Lipinski definition) is 2. The van der Waals surface area contributed by atoms with Gasteiger partial charge in [-0.1, -0.05) is 6.42 Å². The van der Waals surface area contributed by atoms with E-state index in [-0.39, 0.29) is 19.0 Å². The summed E-state index contributed by atoms with van der Waals surface area (Å²) in [6, 6.07) is 0.400. The molecule has 1 unspecified atom stereocenters. The molecule has 2 rings (SSSR count). The maximum Gasteiger partial charge on any atom is 0.246 e. The van der Waals surface area contributed by atoms with Crippen LogP contribution in [0.2, 0.25) is 0 Å². The minimum atomic E-state index is -0.393. The molecule has 2 aliphatic heterocycles. The summed E-state index contributed by atoms with van der Waals surface area (Å²) in [5, 5.41) is 5.56. The van der Waals surface area contributed by atoms with E-state index >= 15 is 0 Å². The Hall–Kier alpha value is -1.43. The SMILES string of the molecule is O=C1CN(C(=O)CCC2CCCCN2)CC(=O)N1. The van der Waals surface area contributed by atoms with Crippen molar-refractivity contribution >= 4 is 17.7 Å². The van der Waals surface area contributed by atoms with Crippen LogP contribution in [0.5, 0.6) is 0 Å². The third-order valence-electron chi connectivity index (χ3n) is 3.42. The second-order valence-corrected chi connectivity index (χ2v) is 4.91. The lowest BCUT2D eigenvalue weighted by Crippen LogP contribution is -2.53. The summed E-state index contributed by atoms with van der Waals surface area (Å²) >= 11 is 0. The second kappa shape index (κ2) is 5.95. The summed E-state index contributed by atoms with van der Waals surface area (Å²) in [6.45, 7) is 1.02. The van der Waals surface area contributed by atoms with E-state index in [1.807, 2.05) is 0 Å². The zero-order valence-corrected chi connectivity index (χ0v) is 10.4. The second-order valence-electron chi connectivity index (χ2n) is 4.91. The van der Waals surface area contributed by atoms with Crippen LogP contribution in [0, 0.1) is 0 Å². The van der Waals surface area contributed by atoms with Gasteiger partial charge in [0.25, 0.3) is 0 Å². The highest BCUT2D eigenvalue weighted by Crippen LogP contribution is 2.12. The molecule has 2 N–H and O–H groups in total. The Morgan fingerprint density at radius 2 is 1.94 bits per heavy atom. The fourth-order valence-electron chi connectivity index (χ4n) is 2.44. The van der Waals surface area contributed by atoms with Gasteiger partial charge in [0.15, 0.2) is 0 Å². The highest BCUT2D eigenvalue weighted by atomic mass is 16.2. The fourth-order valence-corrected chi connectivity index (χ4v) is 2.44. The summed E-state index contributed by atoms with van der Waals surface area (Å²) in [5.41, 5.74) is 0. The number of nitrogens with one attached hydrogen (secondary N) is 2. The lowest BCUT2D eigenvalue weighted by molar-refractivity contribution is -0.145. The van der Waals surface area contributed by atoms with Gasteiger partial charge in [0.05, 0.1) is 0 Å². The van der Waals surface area contributed by atoms with Gasteiger partial charge in [-0.05, 0) is 25.8 Å². The molecule has 0 bridgehead atoms. The van der Waals surface area contributed by atoms with E-state index in [2.05, 4.69) is 10.6 Å². The van der Waals surface area contributed by atoms with Crippen LogP contribution in [-0.2, 0) is 14.4 Å². The van der Waals surface area contributed by atoms with Crippen LogP contribution in [0.1, 0.15) is 32.1 Å². The summed E-state index contributed by atoms with van der Waals surface area (Å²) in [7, 11) is 0. The first-order valence-corrected chi connectivity index (χ1v) is 6.49. The van der Waals surface area contributed by atoms with Gasteiger partial charge in [-0.15, -0.1) is 0 Å². The lowest BCUT2D eigenvalue weighted by Gasteiger charge is -2.27. The van der Waals surface area contributed by atoms with Gasteiger partial charge in [0.2, 0.25) is 17.7 Å². The monoisotopic (exact) mass is 253 g/mol. The third-order valence-corrected chi connectivity index (χ3v) is 3.42. The lowest BCUT2D eigenvalue weighted by atomic mass is 10.0. The van der Waals surface area contributed by atoms with Crippen LogP contribution >= 0.6 is 0 Å². The average molecular weight is 253 g/mol. The molecule has 2 heterocycles. The van der Waals surface area contributed by atoms with E-state index < -0.39 is 11.8 Å². The van der Waals surface area contributed by atoms with E-state index in [1.54, 1.807) is 0 Å². The molecule has 0 aliphatic carbocycles. The Morgan fingerprint density at radius 1 is 1.22 bits per heavy atom. The zero-order valence-electron chi connectivity index (χ0n) is 10.4. The molecule has 2 aliphatic rings. The van der Waals surface area contributed by atoms with E-state index in [0.717, 1.165) is 19.4 Å². The van der Waals surface area contributed by atoms with Gasteiger partial charge in [0.1, 0.15) is 13.1 Å². The molecule has 0 aromatic rings. The molecule has 0 aromatic heterocycles. The smallest absolute Gasteiger partial charge is 0.246 e. The summed E-state index contributed by atoms with van der Waals surface area (Å²) in [6.07, 6.45) is 4.69. The highest BCUT2D eigenvalue weighted by Gasteiger charge is 2.26. The Balaban J connectivity index is 1.76. The first kappa shape index (κ1) is 13.0. The standard InChI is InChI=1S/C12H19N3O3/c16-10-7-15(8-11(17)14-10)12(18)5-4-9-3-1-2-6-13-9/h9,13H,1-8H2,(H,14,16,17). The first-order valence-electron chi connectivity index (χ1n) is 6.49. The number of carbonyl (C=O) groups is 3. The largest absolute Gasteiger partial charge is 0.324 e. The molecule has 2 fully saturated rings. The Morgan fingerprint density at radius 3 is 2.56 bits per heavy atom. The number of amides is 3. The van der Waals surface area contributed by atoms with Crippen molar-refractivity contribution in [1.82, 2.24) is 15.5 Å². The fraction of sp³-hybridized carbons (Fsp3) is 0.750. The molecule has 0 radical (unpaired) electrons. The van der Waals surface area contributed by atoms with Gasteiger partial charge in [-0.2, -0.15) is 0 Å². The minimum Gasteiger partial charge on any atom is -0.324 e. The zero-order chi connectivity index (χ0) is 13.0. The molecule has 6 heteroatoms. The number of hydrogen-bond acceptors (Lipinski definition) is 4. The molecular formula is C12H19N3O3. The normalized spacial score (nSPS) is 24.9. The highest BCUT2D eigenvalue weighted by molar-refractivity contribution is 6.02. The summed E-state index contributed by atoms with van der Waals surface area (Å²) in [4.78, 5) is 35.5. The van der Waals surface area contributed by atoms with Crippen molar-refractivity contribution in [3.05, 3.63) is 0 Å². The number of carbonyl (C=O) groups excluding carboxylic acids is 3. The molecule has 100 valence electrons. The summed E-state index contributed by atoms with van der Waals surface area (Å²) in [5.74, 6) is -0.892. The maximum atomic E-state index is 11.9. The van der Waals surface area contributed by atoms with Gasteiger partial charge >= 0.3 is 0 Å². The molecular weight excluding hydrogens is 234 g/mol. The van der Waals surface area contributed by atoms with Gasteiger partial charge in [-0.25, -0.2) is 0 Å². The number of rotatable bonds is 3. The van der Waals surface area contributed by atoms with Crippen molar-refractivity contribution < 1.29 is 14.4 Å². The molecule has 0 saturated carbocycles. The molecule has 2 saturated heterocycles. The van der Waals surface area contributed by atoms with E-state index in [0.29, 0.717) is 12.5 Å². The maximum absolute atomic E-state index is 11.9. The van der Waals surface area contributed by atoms with E-state index in [9.17, 15) is 14.4 Å². The first-order chi connectivity index (χ1) is 8.65. The van der Waals surface area contributed by atoms with Gasteiger partial charge in [0, 0.05) is 12.5 Å². The molecule has 1 atom stereocenters. The van der Waals surface area contributed by atoms with Crippen LogP contribution in [0.4, 0.5) is 0 Å². The average Bonchev–Trinajstić information content (AvgIpc) is 2.36. The van der Waals surface area contributed by atoms with Crippen molar-refractivity contribution in [2.75, 3.05) is 19.6 Å². The predicted octanol–water partition coefficient (Wildman–Crippen LogP) is -0.606. The number of piperazine rings is 1. The molecule has 18 heavy (non-hydrogen) atoms. The van der Waals surface area contributed by atoms with Crippen LogP contribution in [0.15, 0.2) is 0 Å². The number of piperidine rings is 1. The Kier molecular flexibility index (Phi) is 4.30. The van der Waals surface area contributed by atoms with Crippen LogP contribution in [-0.4, -0.2) is 48.3 Å². The van der Waals surface area contributed by atoms with Crippen molar-refractivity contribution in [3.8, 4) is 0 Å². The quantitative estimate of drug-likeness (QED) is 0.658. The summed E-state index contributed by atoms with van der Waals surface area (Å²) < 4.78 is 0. The molecule has 6 nitrogen and oxygen atoms in total. The Bertz CT molecular complexity index is 334. The van der Waals surface area contributed by atoms with Crippen molar-refractivity contribution in [2.45, 2.75) is 38.1 Å². The van der Waals surface area contributed by atoms with Crippen molar-refractivity contribution in [2.24, 2.45) is 0 Å². The Labute approximate surface area is 106 Å². The topological polar surface area (TPSA) is 78.5 Å².